The maximum absolute atomic E-state index is 11.9. The Kier molecular flexibility index (Phi) is 4.77. The minimum Gasteiger partial charge on any atom is -0.462 e. The molecule has 0 spiro atoms. The van der Waals surface area contributed by atoms with Gasteiger partial charge in [-0.05, 0) is 20.8 Å². The highest BCUT2D eigenvalue weighted by Gasteiger charge is 2.25. The topological polar surface area (TPSA) is 56.6 Å². The Morgan fingerprint density at radius 2 is 2.10 bits per heavy atom. The zero-order valence-electron chi connectivity index (χ0n) is 12.6. The highest BCUT2D eigenvalue weighted by Crippen LogP contribution is 2.17. The fraction of sp³-hybridized carbons (Fsp3) is 0.714. The molecule has 2 rings (SSSR count). The molecule has 0 bridgehead atoms. The first kappa shape index (κ1) is 15.0. The van der Waals surface area contributed by atoms with Crippen LogP contribution in [0, 0.1) is 0 Å². The van der Waals surface area contributed by atoms with E-state index in [1.165, 1.54) is 0 Å². The van der Waals surface area contributed by atoms with E-state index in [0.29, 0.717) is 18.7 Å². The Labute approximate surface area is 119 Å². The number of carbonyl (C=O) groups is 1. The first-order valence-corrected chi connectivity index (χ1v) is 7.07. The molecule has 112 valence electrons. The fourth-order valence-corrected chi connectivity index (χ4v) is 2.66. The van der Waals surface area contributed by atoms with Crippen molar-refractivity contribution in [1.82, 2.24) is 14.7 Å². The number of carbonyl (C=O) groups excluding carboxylic acids is 1. The van der Waals surface area contributed by atoms with Gasteiger partial charge in [0.15, 0.2) is 0 Å². The van der Waals surface area contributed by atoms with Gasteiger partial charge in [0.1, 0.15) is 5.56 Å². The summed E-state index contributed by atoms with van der Waals surface area (Å²) in [6.45, 7) is 8.71. The first-order valence-electron chi connectivity index (χ1n) is 7.07. The lowest BCUT2D eigenvalue weighted by molar-refractivity contribution is -0.0710. The van der Waals surface area contributed by atoms with Crippen LogP contribution < -0.4 is 0 Å². The van der Waals surface area contributed by atoms with Crippen molar-refractivity contribution in [2.75, 3.05) is 19.7 Å². The van der Waals surface area contributed by atoms with Crippen LogP contribution in [0.3, 0.4) is 0 Å². The summed E-state index contributed by atoms with van der Waals surface area (Å²) in [6.07, 6.45) is 2.00. The van der Waals surface area contributed by atoms with E-state index in [2.05, 4.69) is 23.8 Å². The summed E-state index contributed by atoms with van der Waals surface area (Å²) in [7, 11) is 1.85. The van der Waals surface area contributed by atoms with Crippen LogP contribution in [-0.2, 0) is 23.1 Å². The third-order valence-electron chi connectivity index (χ3n) is 3.43. The molecule has 1 aliphatic heterocycles. The van der Waals surface area contributed by atoms with Gasteiger partial charge in [0.2, 0.25) is 0 Å². The number of aromatic nitrogens is 2. The van der Waals surface area contributed by atoms with Crippen LogP contribution in [0.15, 0.2) is 6.20 Å². The SMILES string of the molecule is CCOC(=O)c1cnn(C)c1CN1C[C@@H](C)O[C@@H](C)C1. The number of esters is 1. The zero-order valence-corrected chi connectivity index (χ0v) is 12.6. The van der Waals surface area contributed by atoms with Gasteiger partial charge in [0, 0.05) is 26.7 Å². The molecular weight excluding hydrogens is 258 g/mol. The second-order valence-electron chi connectivity index (χ2n) is 5.30. The summed E-state index contributed by atoms with van der Waals surface area (Å²) < 4.78 is 12.6. The molecule has 0 radical (unpaired) electrons. The van der Waals surface area contributed by atoms with Crippen molar-refractivity contribution in [2.24, 2.45) is 7.05 Å². The summed E-state index contributed by atoms with van der Waals surface area (Å²) in [5.41, 5.74) is 1.45. The average Bonchev–Trinajstić information content (AvgIpc) is 2.70. The molecule has 1 aliphatic rings. The van der Waals surface area contributed by atoms with Crippen LogP contribution in [0.1, 0.15) is 36.8 Å². The number of ether oxygens (including phenoxy) is 2. The third-order valence-corrected chi connectivity index (χ3v) is 3.43. The Morgan fingerprint density at radius 3 is 2.70 bits per heavy atom. The number of rotatable bonds is 4. The van der Waals surface area contributed by atoms with Crippen molar-refractivity contribution in [3.8, 4) is 0 Å². The standard InChI is InChI=1S/C14H23N3O3/c1-5-19-14(18)12-6-15-16(4)13(12)9-17-7-10(2)20-11(3)8-17/h6,10-11H,5,7-9H2,1-4H3/t10-,11+. The maximum Gasteiger partial charge on any atom is 0.341 e. The first-order chi connectivity index (χ1) is 9.51. The molecule has 0 saturated carbocycles. The zero-order chi connectivity index (χ0) is 14.7. The molecule has 0 aliphatic carbocycles. The Morgan fingerprint density at radius 1 is 1.45 bits per heavy atom. The predicted molar refractivity (Wildman–Crippen MR) is 74.5 cm³/mol. The molecule has 1 saturated heterocycles. The fourth-order valence-electron chi connectivity index (χ4n) is 2.66. The molecule has 1 aromatic heterocycles. The van der Waals surface area contributed by atoms with Gasteiger partial charge >= 0.3 is 5.97 Å². The van der Waals surface area contributed by atoms with Gasteiger partial charge in [-0.2, -0.15) is 5.10 Å². The van der Waals surface area contributed by atoms with Crippen LogP contribution in [-0.4, -0.2) is 52.6 Å². The van der Waals surface area contributed by atoms with Crippen LogP contribution in [0.4, 0.5) is 0 Å². The molecule has 0 unspecified atom stereocenters. The van der Waals surface area contributed by atoms with Gasteiger partial charge < -0.3 is 9.47 Å². The molecule has 6 heteroatoms. The molecule has 1 aromatic rings. The van der Waals surface area contributed by atoms with Gasteiger partial charge in [0.05, 0.1) is 30.7 Å². The van der Waals surface area contributed by atoms with Gasteiger partial charge in [-0.1, -0.05) is 0 Å². The molecular formula is C14H23N3O3. The van der Waals surface area contributed by atoms with Crippen molar-refractivity contribution < 1.29 is 14.3 Å². The highest BCUT2D eigenvalue weighted by molar-refractivity contribution is 5.90. The largest absolute Gasteiger partial charge is 0.462 e. The molecule has 1 fully saturated rings. The Bertz CT molecular complexity index is 462. The summed E-state index contributed by atoms with van der Waals surface area (Å²) in [5.74, 6) is -0.301. The summed E-state index contributed by atoms with van der Waals surface area (Å²) in [4.78, 5) is 14.2. The molecule has 6 nitrogen and oxygen atoms in total. The minimum atomic E-state index is -0.301. The summed E-state index contributed by atoms with van der Waals surface area (Å²) in [5, 5.41) is 4.18. The quantitative estimate of drug-likeness (QED) is 0.776. The second kappa shape index (κ2) is 6.37. The van der Waals surface area contributed by atoms with E-state index < -0.39 is 0 Å². The van der Waals surface area contributed by atoms with E-state index in [1.807, 2.05) is 7.05 Å². The number of hydrogen-bond acceptors (Lipinski definition) is 5. The summed E-state index contributed by atoms with van der Waals surface area (Å²) in [6, 6.07) is 0. The summed E-state index contributed by atoms with van der Waals surface area (Å²) >= 11 is 0. The smallest absolute Gasteiger partial charge is 0.341 e. The molecule has 0 N–H and O–H groups in total. The van der Waals surface area contributed by atoms with Gasteiger partial charge in [-0.3, -0.25) is 9.58 Å². The van der Waals surface area contributed by atoms with Gasteiger partial charge in [-0.25, -0.2) is 4.79 Å². The van der Waals surface area contributed by atoms with E-state index in [-0.39, 0.29) is 18.2 Å². The number of morpholine rings is 1. The molecule has 20 heavy (non-hydrogen) atoms. The molecule has 0 aromatic carbocycles. The predicted octanol–water partition coefficient (Wildman–Crippen LogP) is 1.21. The van der Waals surface area contributed by atoms with Crippen LogP contribution >= 0.6 is 0 Å². The van der Waals surface area contributed by atoms with E-state index in [1.54, 1.807) is 17.8 Å². The van der Waals surface area contributed by atoms with E-state index in [9.17, 15) is 4.79 Å². The Balaban J connectivity index is 2.12. The minimum absolute atomic E-state index is 0.207. The number of aryl methyl sites for hydroxylation is 1. The lowest BCUT2D eigenvalue weighted by Crippen LogP contribution is -2.45. The molecule has 2 atom stereocenters. The Hall–Kier alpha value is -1.40. The number of nitrogens with zero attached hydrogens (tertiary/aromatic N) is 3. The maximum atomic E-state index is 11.9. The lowest BCUT2D eigenvalue weighted by Gasteiger charge is -2.35. The lowest BCUT2D eigenvalue weighted by atomic mass is 10.2. The van der Waals surface area contributed by atoms with Crippen LogP contribution in [0.2, 0.25) is 0 Å². The van der Waals surface area contributed by atoms with Gasteiger partial charge in [0.25, 0.3) is 0 Å². The molecule has 0 amide bonds. The van der Waals surface area contributed by atoms with E-state index in [0.717, 1.165) is 18.8 Å². The van der Waals surface area contributed by atoms with Crippen LogP contribution in [0.5, 0.6) is 0 Å². The normalized spacial score (nSPS) is 23.8. The van der Waals surface area contributed by atoms with E-state index in [4.69, 9.17) is 9.47 Å². The van der Waals surface area contributed by atoms with Crippen molar-refractivity contribution in [3.63, 3.8) is 0 Å². The van der Waals surface area contributed by atoms with Crippen LogP contribution in [0.25, 0.3) is 0 Å². The average molecular weight is 281 g/mol. The van der Waals surface area contributed by atoms with Crippen molar-refractivity contribution in [3.05, 3.63) is 17.5 Å². The third kappa shape index (κ3) is 3.37. The van der Waals surface area contributed by atoms with Crippen molar-refractivity contribution in [1.29, 1.82) is 0 Å². The second-order valence-corrected chi connectivity index (χ2v) is 5.30. The van der Waals surface area contributed by atoms with E-state index >= 15 is 0 Å². The molecule has 2 heterocycles. The number of hydrogen-bond donors (Lipinski definition) is 0. The van der Waals surface area contributed by atoms with Gasteiger partial charge in [-0.15, -0.1) is 0 Å². The monoisotopic (exact) mass is 281 g/mol. The van der Waals surface area contributed by atoms with Crippen molar-refractivity contribution >= 4 is 5.97 Å². The highest BCUT2D eigenvalue weighted by atomic mass is 16.5. The van der Waals surface area contributed by atoms with Crippen molar-refractivity contribution in [2.45, 2.75) is 39.5 Å².